The van der Waals surface area contributed by atoms with E-state index in [9.17, 15) is 14.0 Å². The van der Waals surface area contributed by atoms with Crippen molar-refractivity contribution in [1.29, 1.82) is 0 Å². The van der Waals surface area contributed by atoms with E-state index >= 15 is 0 Å². The van der Waals surface area contributed by atoms with Crippen LogP contribution in [0.4, 0.5) is 4.39 Å². The fourth-order valence-electron chi connectivity index (χ4n) is 6.92. The second kappa shape index (κ2) is 8.08. The zero-order chi connectivity index (χ0) is 23.5. The molecule has 2 aliphatic heterocycles. The summed E-state index contributed by atoms with van der Waals surface area (Å²) in [5.74, 6) is 0.540. The zero-order valence-corrected chi connectivity index (χ0v) is 19.7. The smallest absolute Gasteiger partial charge is 0.255 e. The van der Waals surface area contributed by atoms with Crippen molar-refractivity contribution in [2.75, 3.05) is 6.54 Å². The minimum absolute atomic E-state index is 0.0654. The third-order valence-electron chi connectivity index (χ3n) is 8.66. The fraction of sp³-hybridized carbons (Fsp3) is 0.630. The van der Waals surface area contributed by atoms with Crippen molar-refractivity contribution in [3.8, 4) is 5.75 Å². The van der Waals surface area contributed by atoms with Gasteiger partial charge in [-0.05, 0) is 80.5 Å². The summed E-state index contributed by atoms with van der Waals surface area (Å²) in [6.45, 7) is 5.14. The summed E-state index contributed by atoms with van der Waals surface area (Å²) in [5.41, 5.74) is 1.61. The predicted octanol–water partition coefficient (Wildman–Crippen LogP) is 4.00. The molecule has 4 saturated carbocycles. The van der Waals surface area contributed by atoms with Crippen LogP contribution in [0, 0.1) is 5.41 Å². The van der Waals surface area contributed by atoms with Crippen LogP contribution in [0.15, 0.2) is 30.5 Å². The Labute approximate surface area is 200 Å². The standard InChI is InChI=1S/C27H34FN3O3/c1-17-7-10-22(24(32)30-17)31-12-18-11-19(8-9-20(18)25(31)33)34-23-6-4-2-3-5-21(23)29-16-26-13-27(28,14-26)15-26/h8-9,11,21-23,29H,1-7,10,12-16H2,(H,30,32)/t21-,22?,23-,26?,27?/m0/s1. The molecule has 2 N–H and O–H groups in total. The van der Waals surface area contributed by atoms with Crippen LogP contribution < -0.4 is 15.4 Å². The Morgan fingerprint density at radius 3 is 2.71 bits per heavy atom. The molecule has 34 heavy (non-hydrogen) atoms. The zero-order valence-electron chi connectivity index (χ0n) is 19.7. The number of nitrogens with one attached hydrogen (secondary N) is 2. The number of allylic oxidation sites excluding steroid dienone is 1. The molecule has 7 heteroatoms. The van der Waals surface area contributed by atoms with E-state index in [-0.39, 0.29) is 29.4 Å². The number of alkyl halides is 1. The molecule has 6 nitrogen and oxygen atoms in total. The molecule has 6 aliphatic rings. The van der Waals surface area contributed by atoms with Crippen molar-refractivity contribution < 1.29 is 18.7 Å². The van der Waals surface area contributed by atoms with Crippen LogP contribution in [0.1, 0.15) is 80.1 Å². The van der Waals surface area contributed by atoms with Gasteiger partial charge >= 0.3 is 0 Å². The van der Waals surface area contributed by atoms with E-state index in [1.165, 1.54) is 12.8 Å². The molecular formula is C27H34FN3O3. The lowest BCUT2D eigenvalue weighted by atomic mass is 9.42. The highest BCUT2D eigenvalue weighted by Gasteiger charge is 2.68. The Kier molecular flexibility index (Phi) is 5.24. The van der Waals surface area contributed by atoms with Crippen molar-refractivity contribution in [2.24, 2.45) is 5.41 Å². The number of benzene rings is 1. The van der Waals surface area contributed by atoms with E-state index in [0.29, 0.717) is 49.9 Å². The third-order valence-corrected chi connectivity index (χ3v) is 8.66. The molecule has 5 fully saturated rings. The average Bonchev–Trinajstić information content (AvgIpc) is 2.92. The van der Waals surface area contributed by atoms with Gasteiger partial charge in [0, 0.05) is 30.4 Å². The Bertz CT molecular complexity index is 1020. The number of hydrogen-bond donors (Lipinski definition) is 2. The molecule has 2 amide bonds. The maximum absolute atomic E-state index is 13.9. The Morgan fingerprint density at radius 2 is 1.94 bits per heavy atom. The lowest BCUT2D eigenvalue weighted by Crippen LogP contribution is -2.68. The minimum atomic E-state index is -0.858. The third kappa shape index (κ3) is 3.82. The maximum Gasteiger partial charge on any atom is 0.255 e. The molecule has 2 heterocycles. The first kappa shape index (κ1) is 22.1. The van der Waals surface area contributed by atoms with E-state index in [1.807, 2.05) is 18.2 Å². The molecule has 0 radical (unpaired) electrons. The number of halogens is 1. The van der Waals surface area contributed by atoms with Crippen molar-refractivity contribution in [2.45, 2.75) is 94.6 Å². The van der Waals surface area contributed by atoms with Crippen LogP contribution in [0.2, 0.25) is 0 Å². The first-order valence-corrected chi connectivity index (χ1v) is 12.8. The molecule has 1 unspecified atom stereocenters. The summed E-state index contributed by atoms with van der Waals surface area (Å²) in [7, 11) is 0. The SMILES string of the molecule is C=C1CCC(N2Cc3cc(O[C@H]4CCCCC[C@@H]4NCC45CC(F)(C4)C5)ccc3C2=O)C(=O)N1. The topological polar surface area (TPSA) is 70.7 Å². The number of ether oxygens (including phenoxy) is 1. The van der Waals surface area contributed by atoms with Crippen LogP contribution in [-0.2, 0) is 11.3 Å². The van der Waals surface area contributed by atoms with Gasteiger partial charge in [0.05, 0.1) is 0 Å². The molecule has 1 saturated heterocycles. The van der Waals surface area contributed by atoms with Crippen LogP contribution >= 0.6 is 0 Å². The Balaban J connectivity index is 1.12. The number of amides is 2. The first-order chi connectivity index (χ1) is 16.3. The van der Waals surface area contributed by atoms with Gasteiger partial charge in [0.25, 0.3) is 5.91 Å². The molecular weight excluding hydrogens is 433 g/mol. The number of carbonyl (C=O) groups is 2. The van der Waals surface area contributed by atoms with Gasteiger partial charge in [0.15, 0.2) is 0 Å². The van der Waals surface area contributed by atoms with Crippen LogP contribution in [0.3, 0.4) is 0 Å². The van der Waals surface area contributed by atoms with E-state index < -0.39 is 11.7 Å². The minimum Gasteiger partial charge on any atom is -0.489 e. The summed E-state index contributed by atoms with van der Waals surface area (Å²) < 4.78 is 20.4. The van der Waals surface area contributed by atoms with Gasteiger partial charge in [0.2, 0.25) is 5.91 Å². The van der Waals surface area contributed by atoms with Gasteiger partial charge in [0.1, 0.15) is 23.6 Å². The highest BCUT2D eigenvalue weighted by molar-refractivity contribution is 6.01. The maximum atomic E-state index is 13.9. The Hall–Kier alpha value is -2.41. The summed E-state index contributed by atoms with van der Waals surface area (Å²) in [4.78, 5) is 27.1. The van der Waals surface area contributed by atoms with Gasteiger partial charge in [-0.2, -0.15) is 0 Å². The number of rotatable bonds is 6. The molecule has 182 valence electrons. The van der Waals surface area contributed by atoms with Crippen LogP contribution in [0.25, 0.3) is 0 Å². The molecule has 1 aromatic carbocycles. The first-order valence-electron chi connectivity index (χ1n) is 12.8. The quantitative estimate of drug-likeness (QED) is 0.621. The van der Waals surface area contributed by atoms with E-state index in [0.717, 1.165) is 37.1 Å². The second-order valence-corrected chi connectivity index (χ2v) is 11.4. The lowest BCUT2D eigenvalue weighted by molar-refractivity contribution is -0.211. The summed E-state index contributed by atoms with van der Waals surface area (Å²) in [5, 5.41) is 6.53. The largest absolute Gasteiger partial charge is 0.489 e. The number of carbonyl (C=O) groups excluding carboxylic acids is 2. The van der Waals surface area contributed by atoms with Crippen molar-refractivity contribution >= 4 is 11.8 Å². The second-order valence-electron chi connectivity index (χ2n) is 11.4. The van der Waals surface area contributed by atoms with E-state index in [2.05, 4.69) is 17.2 Å². The van der Waals surface area contributed by atoms with Gasteiger partial charge in [-0.15, -0.1) is 0 Å². The fourth-order valence-corrected chi connectivity index (χ4v) is 6.92. The molecule has 7 rings (SSSR count). The molecule has 1 aromatic rings. The molecule has 3 atom stereocenters. The summed E-state index contributed by atoms with van der Waals surface area (Å²) in [6, 6.07) is 5.51. The number of hydrogen-bond acceptors (Lipinski definition) is 4. The van der Waals surface area contributed by atoms with Crippen molar-refractivity contribution in [3.63, 3.8) is 0 Å². The Morgan fingerprint density at radius 1 is 1.15 bits per heavy atom. The molecule has 0 spiro atoms. The van der Waals surface area contributed by atoms with Gasteiger partial charge in [-0.3, -0.25) is 9.59 Å². The monoisotopic (exact) mass is 467 g/mol. The van der Waals surface area contributed by atoms with Crippen LogP contribution in [-0.4, -0.2) is 47.1 Å². The highest BCUT2D eigenvalue weighted by atomic mass is 19.1. The number of nitrogens with zero attached hydrogens (tertiary/aromatic N) is 1. The molecule has 0 aromatic heterocycles. The number of piperidine rings is 1. The normalized spacial score (nSPS) is 36.8. The summed E-state index contributed by atoms with van der Waals surface area (Å²) >= 11 is 0. The van der Waals surface area contributed by atoms with Crippen molar-refractivity contribution in [1.82, 2.24) is 15.5 Å². The number of fused-ring (bicyclic) bond motifs is 1. The lowest BCUT2D eigenvalue weighted by Gasteiger charge is -2.66. The van der Waals surface area contributed by atoms with Gasteiger partial charge < -0.3 is 20.3 Å². The van der Waals surface area contributed by atoms with Crippen LogP contribution in [0.5, 0.6) is 5.75 Å². The van der Waals surface area contributed by atoms with E-state index in [4.69, 9.17) is 4.74 Å². The molecule has 4 aliphatic carbocycles. The highest BCUT2D eigenvalue weighted by Crippen LogP contribution is 2.69. The van der Waals surface area contributed by atoms with Crippen molar-refractivity contribution in [3.05, 3.63) is 41.6 Å². The molecule has 2 bridgehead atoms. The van der Waals surface area contributed by atoms with Gasteiger partial charge in [-0.1, -0.05) is 19.4 Å². The predicted molar refractivity (Wildman–Crippen MR) is 126 cm³/mol. The summed E-state index contributed by atoms with van der Waals surface area (Å²) in [6.07, 6.45) is 9.10. The average molecular weight is 468 g/mol. The van der Waals surface area contributed by atoms with E-state index in [1.54, 1.807) is 4.90 Å². The van der Waals surface area contributed by atoms with Gasteiger partial charge in [-0.25, -0.2) is 4.39 Å².